The van der Waals surface area contributed by atoms with Crippen molar-refractivity contribution < 1.29 is 9.13 Å². The lowest BCUT2D eigenvalue weighted by molar-refractivity contribution is 0.305. The number of hydrogen-bond donors (Lipinski definition) is 0. The molecule has 0 fully saturated rings. The Bertz CT molecular complexity index is 649. The number of nitrogens with zero attached hydrogens (tertiary/aromatic N) is 1. The second-order valence-electron chi connectivity index (χ2n) is 4.16. The number of aryl methyl sites for hydroxylation is 1. The minimum absolute atomic E-state index is 0.202. The van der Waals surface area contributed by atoms with Gasteiger partial charge in [-0.3, -0.25) is 0 Å². The van der Waals surface area contributed by atoms with Crippen LogP contribution in [0.15, 0.2) is 36.4 Å². The van der Waals surface area contributed by atoms with E-state index in [4.69, 9.17) is 21.6 Å². The lowest BCUT2D eigenvalue weighted by Crippen LogP contribution is -1.97. The molecule has 4 heteroatoms. The van der Waals surface area contributed by atoms with E-state index < -0.39 is 5.82 Å². The summed E-state index contributed by atoms with van der Waals surface area (Å²) in [6.07, 6.45) is 0. The summed E-state index contributed by atoms with van der Waals surface area (Å²) in [6.45, 7) is 2.08. The zero-order chi connectivity index (χ0) is 13.8. The third kappa shape index (κ3) is 3.46. The van der Waals surface area contributed by atoms with Crippen LogP contribution in [0.4, 0.5) is 4.39 Å². The fraction of sp³-hybridized carbons (Fsp3) is 0.133. The van der Waals surface area contributed by atoms with Gasteiger partial charge in [0.15, 0.2) is 0 Å². The van der Waals surface area contributed by atoms with Crippen LogP contribution in [0.5, 0.6) is 5.75 Å². The quantitative estimate of drug-likeness (QED) is 0.839. The molecule has 0 aromatic heterocycles. The van der Waals surface area contributed by atoms with Gasteiger partial charge in [-0.25, -0.2) is 4.39 Å². The van der Waals surface area contributed by atoms with Crippen LogP contribution in [-0.2, 0) is 6.61 Å². The van der Waals surface area contributed by atoms with Crippen molar-refractivity contribution in [2.24, 2.45) is 0 Å². The summed E-state index contributed by atoms with van der Waals surface area (Å²) in [5, 5.41) is 9.44. The molecule has 96 valence electrons. The van der Waals surface area contributed by atoms with Gasteiger partial charge in [-0.05, 0) is 54.4 Å². The molecule has 0 saturated heterocycles. The Kier molecular flexibility index (Phi) is 4.03. The Morgan fingerprint density at radius 1 is 1.26 bits per heavy atom. The Balaban J connectivity index is 2.12. The molecule has 0 heterocycles. The van der Waals surface area contributed by atoms with E-state index in [1.165, 1.54) is 12.1 Å². The first-order valence-electron chi connectivity index (χ1n) is 5.67. The van der Waals surface area contributed by atoms with Crippen LogP contribution in [0.2, 0.25) is 5.02 Å². The normalized spacial score (nSPS) is 10.0. The van der Waals surface area contributed by atoms with E-state index in [9.17, 15) is 4.39 Å². The molecule has 0 spiro atoms. The second-order valence-corrected chi connectivity index (χ2v) is 4.57. The molecule has 0 bridgehead atoms. The first kappa shape index (κ1) is 13.4. The third-order valence-electron chi connectivity index (χ3n) is 2.62. The summed E-state index contributed by atoms with van der Waals surface area (Å²) < 4.78 is 18.8. The van der Waals surface area contributed by atoms with Gasteiger partial charge >= 0.3 is 0 Å². The molecule has 0 amide bonds. The molecule has 0 aliphatic carbocycles. The summed E-state index contributed by atoms with van der Waals surface area (Å²) in [5.74, 6) is 0.217. The number of rotatable bonds is 3. The van der Waals surface area contributed by atoms with Crippen molar-refractivity contribution in [3.63, 3.8) is 0 Å². The zero-order valence-electron chi connectivity index (χ0n) is 10.3. The van der Waals surface area contributed by atoms with Gasteiger partial charge in [0.05, 0.1) is 11.6 Å². The van der Waals surface area contributed by atoms with Crippen LogP contribution < -0.4 is 4.74 Å². The average Bonchev–Trinajstić information content (AvgIpc) is 2.39. The SMILES string of the molecule is Cc1cc(OCc2cc(F)cc(C#N)c2)ccc1Cl. The molecule has 2 rings (SSSR count). The van der Waals surface area contributed by atoms with Crippen molar-refractivity contribution in [3.8, 4) is 11.8 Å². The predicted octanol–water partition coefficient (Wildman–Crippen LogP) is 4.24. The van der Waals surface area contributed by atoms with Crippen molar-refractivity contribution in [2.75, 3.05) is 0 Å². The Morgan fingerprint density at radius 2 is 2.05 bits per heavy atom. The van der Waals surface area contributed by atoms with Gasteiger partial charge in [0.2, 0.25) is 0 Å². The predicted molar refractivity (Wildman–Crippen MR) is 71.6 cm³/mol. The van der Waals surface area contributed by atoms with Crippen molar-refractivity contribution in [3.05, 3.63) is 63.9 Å². The highest BCUT2D eigenvalue weighted by atomic mass is 35.5. The molecule has 0 N–H and O–H groups in total. The van der Waals surface area contributed by atoms with Crippen molar-refractivity contribution in [1.29, 1.82) is 5.26 Å². The molecule has 0 saturated carbocycles. The van der Waals surface area contributed by atoms with Gasteiger partial charge in [-0.15, -0.1) is 0 Å². The van der Waals surface area contributed by atoms with Gasteiger partial charge < -0.3 is 4.74 Å². The summed E-state index contributed by atoms with van der Waals surface area (Å²) in [4.78, 5) is 0. The van der Waals surface area contributed by atoms with Crippen LogP contribution in [0.3, 0.4) is 0 Å². The molecule has 0 aliphatic heterocycles. The van der Waals surface area contributed by atoms with Gasteiger partial charge in [-0.1, -0.05) is 11.6 Å². The van der Waals surface area contributed by atoms with E-state index in [-0.39, 0.29) is 12.2 Å². The number of benzene rings is 2. The van der Waals surface area contributed by atoms with Gasteiger partial charge in [0.25, 0.3) is 0 Å². The Hall–Kier alpha value is -2.05. The summed E-state index contributed by atoms with van der Waals surface area (Å²) in [6, 6.07) is 11.4. The minimum atomic E-state index is -0.440. The van der Waals surface area contributed by atoms with Crippen molar-refractivity contribution in [2.45, 2.75) is 13.5 Å². The molecule has 0 unspecified atom stereocenters. The van der Waals surface area contributed by atoms with E-state index >= 15 is 0 Å². The van der Waals surface area contributed by atoms with Crippen LogP contribution in [0, 0.1) is 24.1 Å². The highest BCUT2D eigenvalue weighted by molar-refractivity contribution is 6.31. The van der Waals surface area contributed by atoms with Crippen LogP contribution in [-0.4, -0.2) is 0 Å². The maximum atomic E-state index is 13.2. The van der Waals surface area contributed by atoms with Gasteiger partial charge in [-0.2, -0.15) is 5.26 Å². The summed E-state index contributed by atoms with van der Waals surface area (Å²) in [5.41, 5.74) is 1.81. The number of halogens is 2. The third-order valence-corrected chi connectivity index (χ3v) is 3.05. The van der Waals surface area contributed by atoms with Gasteiger partial charge in [0.1, 0.15) is 18.2 Å². The van der Waals surface area contributed by atoms with Crippen molar-refractivity contribution >= 4 is 11.6 Å². The standard InChI is InChI=1S/C15H11ClFNO/c1-10-4-14(2-3-15(10)16)19-9-12-5-11(8-18)6-13(17)7-12/h2-7H,9H2,1H3. The first-order chi connectivity index (χ1) is 9.08. The Labute approximate surface area is 116 Å². The monoisotopic (exact) mass is 275 g/mol. The van der Waals surface area contributed by atoms with E-state index in [0.29, 0.717) is 16.3 Å². The maximum absolute atomic E-state index is 13.2. The van der Waals surface area contributed by atoms with Crippen LogP contribution >= 0.6 is 11.6 Å². The molecule has 2 aromatic rings. The molecule has 2 aromatic carbocycles. The molecule has 0 aliphatic rings. The fourth-order valence-corrected chi connectivity index (χ4v) is 1.79. The Morgan fingerprint density at radius 3 is 2.74 bits per heavy atom. The maximum Gasteiger partial charge on any atom is 0.124 e. The molecule has 0 radical (unpaired) electrons. The second kappa shape index (κ2) is 5.73. The molecule has 19 heavy (non-hydrogen) atoms. The molecule has 0 atom stereocenters. The number of ether oxygens (including phenoxy) is 1. The van der Waals surface area contributed by atoms with Crippen LogP contribution in [0.25, 0.3) is 0 Å². The largest absolute Gasteiger partial charge is 0.489 e. The van der Waals surface area contributed by atoms with E-state index in [0.717, 1.165) is 5.56 Å². The summed E-state index contributed by atoms with van der Waals surface area (Å²) in [7, 11) is 0. The van der Waals surface area contributed by atoms with E-state index in [1.54, 1.807) is 18.2 Å². The summed E-state index contributed by atoms with van der Waals surface area (Å²) >= 11 is 5.92. The average molecular weight is 276 g/mol. The number of nitriles is 1. The molecular weight excluding hydrogens is 265 g/mol. The topological polar surface area (TPSA) is 33.0 Å². The molecule has 2 nitrogen and oxygen atoms in total. The van der Waals surface area contributed by atoms with Crippen LogP contribution in [0.1, 0.15) is 16.7 Å². The zero-order valence-corrected chi connectivity index (χ0v) is 11.0. The lowest BCUT2D eigenvalue weighted by atomic mass is 10.1. The number of hydrogen-bond acceptors (Lipinski definition) is 2. The van der Waals surface area contributed by atoms with E-state index in [1.807, 2.05) is 19.1 Å². The first-order valence-corrected chi connectivity index (χ1v) is 6.05. The highest BCUT2D eigenvalue weighted by Gasteiger charge is 2.03. The lowest BCUT2D eigenvalue weighted by Gasteiger charge is -2.08. The fourth-order valence-electron chi connectivity index (χ4n) is 1.67. The molecular formula is C15H11ClFNO. The highest BCUT2D eigenvalue weighted by Crippen LogP contribution is 2.22. The minimum Gasteiger partial charge on any atom is -0.489 e. The van der Waals surface area contributed by atoms with Gasteiger partial charge in [0, 0.05) is 5.02 Å². The van der Waals surface area contributed by atoms with Crippen molar-refractivity contribution in [1.82, 2.24) is 0 Å². The van der Waals surface area contributed by atoms with E-state index in [2.05, 4.69) is 0 Å². The smallest absolute Gasteiger partial charge is 0.124 e.